The predicted octanol–water partition coefficient (Wildman–Crippen LogP) is 2.46. The molecule has 2 aromatic carbocycles. The van der Waals surface area contributed by atoms with E-state index >= 15 is 0 Å². The van der Waals surface area contributed by atoms with Gasteiger partial charge in [-0.25, -0.2) is 4.79 Å². The molecule has 4 rings (SSSR count). The van der Waals surface area contributed by atoms with Crippen molar-refractivity contribution in [3.05, 3.63) is 80.6 Å². The van der Waals surface area contributed by atoms with Gasteiger partial charge in [0.1, 0.15) is 5.56 Å². The lowest BCUT2D eigenvalue weighted by Crippen LogP contribution is -2.39. The molecule has 1 amide bonds. The Bertz CT molecular complexity index is 1300. The van der Waals surface area contributed by atoms with Crippen molar-refractivity contribution in [1.29, 1.82) is 0 Å². The van der Waals surface area contributed by atoms with Crippen molar-refractivity contribution in [1.82, 2.24) is 9.55 Å². The fourth-order valence-corrected chi connectivity index (χ4v) is 3.01. The molecule has 1 aromatic heterocycles. The van der Waals surface area contributed by atoms with Crippen LogP contribution in [-0.2, 0) is 6.54 Å². The average Bonchev–Trinajstić information content (AvgIpc) is 3.19. The summed E-state index contributed by atoms with van der Waals surface area (Å²) in [4.78, 5) is 39.9. The molecule has 166 valence electrons. The van der Waals surface area contributed by atoms with Gasteiger partial charge in [0.2, 0.25) is 6.79 Å². The van der Waals surface area contributed by atoms with Gasteiger partial charge in [-0.05, 0) is 29.8 Å². The second-order valence-corrected chi connectivity index (χ2v) is 6.58. The van der Waals surface area contributed by atoms with Gasteiger partial charge in [0.25, 0.3) is 11.5 Å². The largest absolute Gasteiger partial charge is 0.573 e. The van der Waals surface area contributed by atoms with Gasteiger partial charge in [0.15, 0.2) is 17.2 Å². The molecule has 0 unspecified atom stereocenters. The van der Waals surface area contributed by atoms with Crippen LogP contribution >= 0.6 is 0 Å². The first kappa shape index (κ1) is 21.0. The normalized spacial score (nSPS) is 12.5. The number of ether oxygens (including phenoxy) is 3. The number of aromatic nitrogens is 2. The highest BCUT2D eigenvalue weighted by molar-refractivity contribution is 6.04. The number of hydrogen-bond donors (Lipinski definition) is 2. The Morgan fingerprint density at radius 3 is 2.66 bits per heavy atom. The zero-order chi connectivity index (χ0) is 22.9. The van der Waals surface area contributed by atoms with Gasteiger partial charge < -0.3 is 24.5 Å². The SMILES string of the molecule is O=C(Nc1ccccc1OC(F)(F)F)c1c[nH]c(=O)n(Cc2ccc3c(c2)OCO3)c1=O. The third-order valence-electron chi connectivity index (χ3n) is 4.44. The number of aromatic amines is 1. The Morgan fingerprint density at radius 1 is 1.12 bits per heavy atom. The van der Waals surface area contributed by atoms with Crippen LogP contribution in [0, 0.1) is 0 Å². The number of carbonyl (C=O) groups is 1. The Morgan fingerprint density at radius 2 is 1.88 bits per heavy atom. The van der Waals surface area contributed by atoms with Crippen LogP contribution < -0.4 is 30.8 Å². The highest BCUT2D eigenvalue weighted by atomic mass is 19.4. The van der Waals surface area contributed by atoms with Crippen LogP contribution in [0.4, 0.5) is 18.9 Å². The predicted molar refractivity (Wildman–Crippen MR) is 104 cm³/mol. The quantitative estimate of drug-likeness (QED) is 0.619. The minimum Gasteiger partial charge on any atom is -0.454 e. The zero-order valence-electron chi connectivity index (χ0n) is 16.1. The molecule has 0 bridgehead atoms. The Kier molecular flexibility index (Phi) is 5.34. The smallest absolute Gasteiger partial charge is 0.454 e. The number of H-pyrrole nitrogens is 1. The van der Waals surface area contributed by atoms with E-state index < -0.39 is 34.8 Å². The van der Waals surface area contributed by atoms with E-state index in [2.05, 4.69) is 15.0 Å². The van der Waals surface area contributed by atoms with E-state index in [0.29, 0.717) is 17.1 Å². The molecule has 0 saturated carbocycles. The minimum absolute atomic E-state index is 0.0501. The maximum atomic E-state index is 12.8. The molecule has 3 aromatic rings. The molecular formula is C20H14F3N3O6. The van der Waals surface area contributed by atoms with Gasteiger partial charge in [0, 0.05) is 6.20 Å². The number of para-hydroxylation sites is 2. The van der Waals surface area contributed by atoms with Gasteiger partial charge in [-0.1, -0.05) is 18.2 Å². The van der Waals surface area contributed by atoms with Crippen LogP contribution in [0.3, 0.4) is 0 Å². The van der Waals surface area contributed by atoms with E-state index in [0.717, 1.165) is 16.8 Å². The van der Waals surface area contributed by atoms with Crippen LogP contribution in [0.15, 0.2) is 58.3 Å². The van der Waals surface area contributed by atoms with Crippen molar-refractivity contribution in [2.24, 2.45) is 0 Å². The van der Waals surface area contributed by atoms with Crippen LogP contribution in [-0.4, -0.2) is 28.6 Å². The number of carbonyl (C=O) groups excluding carboxylic acids is 1. The summed E-state index contributed by atoms with van der Waals surface area (Å²) < 4.78 is 52.9. The molecule has 9 nitrogen and oxygen atoms in total. The lowest BCUT2D eigenvalue weighted by Gasteiger charge is -2.14. The molecular weight excluding hydrogens is 435 g/mol. The first-order valence-corrected chi connectivity index (χ1v) is 9.08. The zero-order valence-corrected chi connectivity index (χ0v) is 16.1. The average molecular weight is 449 g/mol. The maximum absolute atomic E-state index is 12.8. The molecule has 0 saturated heterocycles. The molecule has 32 heavy (non-hydrogen) atoms. The summed E-state index contributed by atoms with van der Waals surface area (Å²) in [6.45, 7) is -0.131. The van der Waals surface area contributed by atoms with E-state index in [1.165, 1.54) is 18.2 Å². The summed E-state index contributed by atoms with van der Waals surface area (Å²) >= 11 is 0. The third kappa shape index (κ3) is 4.43. The summed E-state index contributed by atoms with van der Waals surface area (Å²) in [5, 5.41) is 2.20. The Labute approximate surface area is 177 Å². The number of anilines is 1. The van der Waals surface area contributed by atoms with Crippen LogP contribution in [0.1, 0.15) is 15.9 Å². The van der Waals surface area contributed by atoms with Gasteiger partial charge >= 0.3 is 12.1 Å². The molecule has 0 fully saturated rings. The van der Waals surface area contributed by atoms with Crippen molar-refractivity contribution < 1.29 is 32.2 Å². The molecule has 0 radical (unpaired) electrons. The van der Waals surface area contributed by atoms with Crippen molar-refractivity contribution >= 4 is 11.6 Å². The lowest BCUT2D eigenvalue weighted by atomic mass is 10.2. The van der Waals surface area contributed by atoms with Gasteiger partial charge in [0.05, 0.1) is 12.2 Å². The minimum atomic E-state index is -4.98. The van der Waals surface area contributed by atoms with Crippen LogP contribution in [0.2, 0.25) is 0 Å². The van der Waals surface area contributed by atoms with Crippen molar-refractivity contribution in [2.45, 2.75) is 12.9 Å². The summed E-state index contributed by atoms with van der Waals surface area (Å²) in [5.41, 5.74) is -1.96. The van der Waals surface area contributed by atoms with Crippen molar-refractivity contribution in [2.75, 3.05) is 12.1 Å². The number of nitrogens with one attached hydrogen (secondary N) is 2. The Hall–Kier alpha value is -4.22. The topological polar surface area (TPSA) is 112 Å². The van der Waals surface area contributed by atoms with Gasteiger partial charge in [-0.15, -0.1) is 13.2 Å². The number of nitrogens with zero attached hydrogens (tertiary/aromatic N) is 1. The Balaban J connectivity index is 1.61. The molecule has 2 heterocycles. The van der Waals surface area contributed by atoms with E-state index in [4.69, 9.17) is 9.47 Å². The van der Waals surface area contributed by atoms with Crippen molar-refractivity contribution in [3.63, 3.8) is 0 Å². The second kappa shape index (κ2) is 8.13. The summed E-state index contributed by atoms with van der Waals surface area (Å²) in [5.74, 6) is -0.715. The van der Waals surface area contributed by atoms with Crippen LogP contribution in [0.25, 0.3) is 0 Å². The number of rotatable bonds is 5. The molecule has 2 N–H and O–H groups in total. The molecule has 0 aliphatic carbocycles. The molecule has 12 heteroatoms. The lowest BCUT2D eigenvalue weighted by molar-refractivity contribution is -0.274. The first-order chi connectivity index (χ1) is 15.2. The van der Waals surface area contributed by atoms with E-state index in [1.54, 1.807) is 18.2 Å². The van der Waals surface area contributed by atoms with E-state index in [9.17, 15) is 27.6 Å². The summed E-state index contributed by atoms with van der Waals surface area (Å²) in [7, 11) is 0. The van der Waals surface area contributed by atoms with E-state index in [-0.39, 0.29) is 19.0 Å². The summed E-state index contributed by atoms with van der Waals surface area (Å²) in [6, 6.07) is 9.68. The van der Waals surface area contributed by atoms with Gasteiger partial charge in [-0.2, -0.15) is 0 Å². The monoisotopic (exact) mass is 449 g/mol. The highest BCUT2D eigenvalue weighted by Gasteiger charge is 2.32. The number of benzene rings is 2. The van der Waals surface area contributed by atoms with E-state index in [1.807, 2.05) is 0 Å². The molecule has 0 spiro atoms. The molecule has 0 atom stereocenters. The first-order valence-electron chi connectivity index (χ1n) is 9.08. The second-order valence-electron chi connectivity index (χ2n) is 6.58. The molecule has 1 aliphatic rings. The fraction of sp³-hybridized carbons (Fsp3) is 0.150. The highest BCUT2D eigenvalue weighted by Crippen LogP contribution is 2.32. The number of fused-ring (bicyclic) bond motifs is 1. The fourth-order valence-electron chi connectivity index (χ4n) is 3.01. The summed E-state index contributed by atoms with van der Waals surface area (Å²) in [6.07, 6.45) is -4.08. The third-order valence-corrected chi connectivity index (χ3v) is 4.44. The number of alkyl halides is 3. The van der Waals surface area contributed by atoms with Crippen molar-refractivity contribution in [3.8, 4) is 17.2 Å². The molecule has 1 aliphatic heterocycles. The van der Waals surface area contributed by atoms with Gasteiger partial charge in [-0.3, -0.25) is 14.2 Å². The number of halogens is 3. The number of amides is 1. The van der Waals surface area contributed by atoms with Crippen LogP contribution in [0.5, 0.6) is 17.2 Å². The standard InChI is InChI=1S/C20H14F3N3O6/c21-20(22,23)32-14-4-2-1-3-13(14)25-17(27)12-8-24-19(29)26(18(12)28)9-11-5-6-15-16(7-11)31-10-30-15/h1-8H,9-10H2,(H,24,29)(H,25,27). The maximum Gasteiger partial charge on any atom is 0.573 e. The number of hydrogen-bond acceptors (Lipinski definition) is 6.